The van der Waals surface area contributed by atoms with Crippen LogP contribution in [0.15, 0.2) is 96.6 Å². The van der Waals surface area contributed by atoms with Gasteiger partial charge >= 0.3 is 28.4 Å². The number of aryl methyl sites for hydroxylation is 2. The van der Waals surface area contributed by atoms with Gasteiger partial charge in [-0.1, -0.05) is 92.0 Å². The van der Waals surface area contributed by atoms with Crippen molar-refractivity contribution in [3.8, 4) is 11.1 Å². The van der Waals surface area contributed by atoms with Crippen LogP contribution in [-0.2, 0) is 41.5 Å². The van der Waals surface area contributed by atoms with Crippen molar-refractivity contribution in [2.45, 2.75) is 86.5 Å². The van der Waals surface area contributed by atoms with E-state index in [1.165, 1.54) is 74.3 Å². The van der Waals surface area contributed by atoms with E-state index < -0.39 is 0 Å². The first-order valence-corrected chi connectivity index (χ1v) is 17.2. The molecule has 0 saturated carbocycles. The van der Waals surface area contributed by atoms with Crippen LogP contribution in [0.3, 0.4) is 0 Å². The summed E-state index contributed by atoms with van der Waals surface area (Å²) in [6.45, 7) is 22.0. The average molecular weight is 731 g/mol. The molecule has 0 aliphatic heterocycles. The predicted molar refractivity (Wildman–Crippen MR) is 203 cm³/mol. The number of halogens is 2. The van der Waals surface area contributed by atoms with Crippen molar-refractivity contribution >= 4 is 29.0 Å². The Kier molecular flexibility index (Phi) is 19.8. The standard InChI is InChI=1S/C21H25.C7H9.2C7H7.CH2.2ClH.Zr/c1-20(2,3)16-7-9-18-14(12-16)11-15-13-17(21(4,5)6)8-10-19(15)18;1-6-3-4-7(2)5-6;2*1-7-5-3-2-4-6-7;;;;/h7-10,12H,11H2,1-6H3;3,5,7H,1-2H3;2*3-6H,1H3;1H2;2*1H;/q4*-1;;;;. The van der Waals surface area contributed by atoms with Crippen LogP contribution in [-0.4, -0.2) is 4.21 Å². The van der Waals surface area contributed by atoms with Crippen LogP contribution in [0.4, 0.5) is 0 Å². The summed E-state index contributed by atoms with van der Waals surface area (Å²) in [5.41, 5.74) is 12.6. The molecule has 0 amide bonds. The van der Waals surface area contributed by atoms with Crippen molar-refractivity contribution in [3.05, 3.63) is 154 Å². The molecule has 0 fully saturated rings. The van der Waals surface area contributed by atoms with Crippen LogP contribution in [0.25, 0.3) is 11.1 Å². The predicted octanol–water partition coefficient (Wildman–Crippen LogP) is 12.0. The fourth-order valence-corrected chi connectivity index (χ4v) is 4.72. The van der Waals surface area contributed by atoms with Gasteiger partial charge < -0.3 is 0 Å². The zero-order chi connectivity index (χ0) is 32.9. The first-order chi connectivity index (χ1) is 20.7. The zero-order valence-corrected chi connectivity index (χ0v) is 33.6. The van der Waals surface area contributed by atoms with E-state index in [2.05, 4.69) is 134 Å². The third-order valence-electron chi connectivity index (χ3n) is 7.32. The summed E-state index contributed by atoms with van der Waals surface area (Å²) < 4.78 is 3.34. The van der Waals surface area contributed by atoms with Gasteiger partial charge in [-0.15, -0.1) is 42.9 Å². The quantitative estimate of drug-likeness (QED) is 0.139. The van der Waals surface area contributed by atoms with Gasteiger partial charge in [0.15, 0.2) is 0 Å². The summed E-state index contributed by atoms with van der Waals surface area (Å²) in [7, 11) is 0. The molecular weight excluding hydrogens is 679 g/mol. The average Bonchev–Trinajstić information content (AvgIpc) is 3.55. The second-order valence-corrected chi connectivity index (χ2v) is 13.5. The Morgan fingerprint density at radius 2 is 1.20 bits per heavy atom. The Morgan fingerprint density at radius 1 is 0.696 bits per heavy atom. The van der Waals surface area contributed by atoms with Crippen LogP contribution < -0.4 is 0 Å². The molecule has 2 aliphatic carbocycles. The van der Waals surface area contributed by atoms with Crippen LogP contribution in [0.5, 0.6) is 0 Å². The molecule has 1 atom stereocenters. The Morgan fingerprint density at radius 3 is 1.54 bits per heavy atom. The summed E-state index contributed by atoms with van der Waals surface area (Å²) in [4.78, 5) is 0. The molecule has 2 aliphatic rings. The van der Waals surface area contributed by atoms with Gasteiger partial charge in [-0.2, -0.15) is 102 Å². The summed E-state index contributed by atoms with van der Waals surface area (Å²) in [6.07, 6.45) is 8.40. The number of benzene rings is 4. The molecule has 0 saturated heterocycles. The number of hydrogen-bond acceptors (Lipinski definition) is 0. The van der Waals surface area contributed by atoms with E-state index in [0.717, 1.165) is 6.42 Å². The van der Waals surface area contributed by atoms with E-state index in [1.54, 1.807) is 0 Å². The Bertz CT molecular complexity index is 1410. The normalized spacial score (nSPS) is 13.4. The molecule has 1 unspecified atom stereocenters. The summed E-state index contributed by atoms with van der Waals surface area (Å²) in [6, 6.07) is 36.8. The summed E-state index contributed by atoms with van der Waals surface area (Å²) in [5.74, 6) is 0.556. The number of fused-ring (bicyclic) bond motifs is 3. The first kappa shape index (κ1) is 43.7. The van der Waals surface area contributed by atoms with Gasteiger partial charge in [0.25, 0.3) is 0 Å². The summed E-state index contributed by atoms with van der Waals surface area (Å²) in [5, 5.41) is 0. The van der Waals surface area contributed by atoms with Crippen LogP contribution in [0, 0.1) is 44.0 Å². The van der Waals surface area contributed by atoms with Crippen LogP contribution in [0.1, 0.15) is 88.8 Å². The monoisotopic (exact) mass is 728 g/mol. The van der Waals surface area contributed by atoms with Crippen LogP contribution in [0.2, 0.25) is 0 Å². The van der Waals surface area contributed by atoms with E-state index in [4.69, 9.17) is 0 Å². The molecule has 4 aromatic rings. The molecule has 46 heavy (non-hydrogen) atoms. The SMILES string of the molecule is CC(C)(C)c1[c-]c2c(cc1)-c1ccc(C(C)(C)C)cc1C2.CC1=CC(C)[C-]=C1.Cc1cc[c-]cc1.Cc1cc[c-]cc1.Cl.Cl.[CH2]=[Zr]. The Balaban J connectivity index is 0.000000667. The minimum atomic E-state index is 0. The van der Waals surface area contributed by atoms with E-state index >= 15 is 0 Å². The first-order valence-electron chi connectivity index (χ1n) is 15.4. The summed E-state index contributed by atoms with van der Waals surface area (Å²) >= 11 is 1.30. The van der Waals surface area contributed by atoms with Gasteiger partial charge in [-0.05, 0) is 28.4 Å². The van der Waals surface area contributed by atoms with Crippen LogP contribution >= 0.6 is 24.8 Å². The molecule has 0 N–H and O–H groups in total. The zero-order valence-electron chi connectivity index (χ0n) is 29.5. The molecule has 246 valence electrons. The molecule has 0 nitrogen and oxygen atoms in total. The van der Waals surface area contributed by atoms with E-state index in [9.17, 15) is 0 Å². The number of rotatable bonds is 0. The minimum absolute atomic E-state index is 0. The van der Waals surface area contributed by atoms with Crippen molar-refractivity contribution in [3.63, 3.8) is 0 Å². The topological polar surface area (TPSA) is 0 Å². The van der Waals surface area contributed by atoms with Gasteiger partial charge in [0.1, 0.15) is 0 Å². The molecule has 4 aromatic carbocycles. The molecular formula is C43H52Cl2Zr-4. The van der Waals surface area contributed by atoms with E-state index in [-0.39, 0.29) is 35.6 Å². The van der Waals surface area contributed by atoms with Gasteiger partial charge in [0.05, 0.1) is 0 Å². The number of hydrogen-bond donors (Lipinski definition) is 0. The van der Waals surface area contributed by atoms with E-state index in [1.807, 2.05) is 54.6 Å². The molecule has 0 spiro atoms. The molecule has 0 heterocycles. The third kappa shape index (κ3) is 14.6. The molecule has 0 bridgehead atoms. The maximum atomic E-state index is 3.67. The second kappa shape index (κ2) is 20.8. The Hall–Kier alpha value is -2.31. The molecule has 0 aromatic heterocycles. The Labute approximate surface area is 309 Å². The van der Waals surface area contributed by atoms with Gasteiger partial charge in [-0.3, -0.25) is 6.08 Å². The van der Waals surface area contributed by atoms with Gasteiger partial charge in [0.2, 0.25) is 0 Å². The fraction of sp³-hybridized carbons (Fsp3) is 0.326. The third-order valence-corrected chi connectivity index (χ3v) is 7.32. The molecule has 0 radical (unpaired) electrons. The van der Waals surface area contributed by atoms with Crippen molar-refractivity contribution in [1.29, 1.82) is 0 Å². The van der Waals surface area contributed by atoms with Crippen molar-refractivity contribution < 1.29 is 24.2 Å². The fourth-order valence-electron chi connectivity index (χ4n) is 4.72. The second-order valence-electron chi connectivity index (χ2n) is 13.5. The van der Waals surface area contributed by atoms with Gasteiger partial charge in [0, 0.05) is 0 Å². The van der Waals surface area contributed by atoms with Crippen molar-refractivity contribution in [2.24, 2.45) is 5.92 Å². The maximum absolute atomic E-state index is 3.67. The molecule has 6 rings (SSSR count). The van der Waals surface area contributed by atoms with Crippen molar-refractivity contribution in [2.75, 3.05) is 0 Å². The van der Waals surface area contributed by atoms with Crippen molar-refractivity contribution in [1.82, 2.24) is 0 Å². The van der Waals surface area contributed by atoms with Gasteiger partial charge in [-0.25, -0.2) is 11.6 Å². The number of allylic oxidation sites excluding steroid dienone is 4. The van der Waals surface area contributed by atoms with E-state index in [0.29, 0.717) is 5.92 Å². The molecule has 3 heteroatoms.